The van der Waals surface area contributed by atoms with Gasteiger partial charge in [0.25, 0.3) is 0 Å². The molecule has 0 fully saturated rings. The summed E-state index contributed by atoms with van der Waals surface area (Å²) < 4.78 is 0. The molecule has 0 aliphatic carbocycles. The SMILES string of the molecule is CC(NC(=O)C(NC(=O)C(N)CO)C(C)C)C(=O)NC(C(=O)O)C(C)O. The topological polar surface area (TPSA) is 191 Å². The van der Waals surface area contributed by atoms with E-state index in [1.54, 1.807) is 13.8 Å². The highest BCUT2D eigenvalue weighted by molar-refractivity contribution is 5.94. The number of carbonyl (C=O) groups excluding carboxylic acids is 3. The second-order valence-electron chi connectivity index (χ2n) is 6.31. The largest absolute Gasteiger partial charge is 0.480 e. The normalized spacial score (nSPS) is 16.8. The van der Waals surface area contributed by atoms with Crippen LogP contribution in [0.15, 0.2) is 0 Å². The molecule has 0 aliphatic heterocycles. The number of amides is 3. The van der Waals surface area contributed by atoms with Crippen molar-refractivity contribution in [2.75, 3.05) is 6.61 Å². The van der Waals surface area contributed by atoms with E-state index in [0.29, 0.717) is 0 Å². The van der Waals surface area contributed by atoms with Gasteiger partial charge in [0.15, 0.2) is 6.04 Å². The van der Waals surface area contributed by atoms with Crippen molar-refractivity contribution in [2.24, 2.45) is 11.7 Å². The Morgan fingerprint density at radius 2 is 1.38 bits per heavy atom. The van der Waals surface area contributed by atoms with Gasteiger partial charge in [-0.3, -0.25) is 14.4 Å². The number of nitrogens with one attached hydrogen (secondary N) is 3. The first-order chi connectivity index (χ1) is 11.9. The lowest BCUT2D eigenvalue weighted by Crippen LogP contribution is -2.58. The van der Waals surface area contributed by atoms with E-state index in [1.807, 2.05) is 0 Å². The van der Waals surface area contributed by atoms with E-state index in [1.165, 1.54) is 13.8 Å². The van der Waals surface area contributed by atoms with Crippen molar-refractivity contribution in [3.05, 3.63) is 0 Å². The summed E-state index contributed by atoms with van der Waals surface area (Å²) in [5, 5.41) is 34.1. The van der Waals surface area contributed by atoms with E-state index in [-0.39, 0.29) is 5.92 Å². The highest BCUT2D eigenvalue weighted by atomic mass is 16.4. The molecule has 0 aliphatic rings. The fraction of sp³-hybridized carbons (Fsp3) is 0.733. The summed E-state index contributed by atoms with van der Waals surface area (Å²) >= 11 is 0. The maximum atomic E-state index is 12.3. The number of aliphatic carboxylic acids is 1. The molecule has 5 unspecified atom stereocenters. The van der Waals surface area contributed by atoms with Crippen molar-refractivity contribution in [3.8, 4) is 0 Å². The van der Waals surface area contributed by atoms with Crippen LogP contribution < -0.4 is 21.7 Å². The molecule has 11 heteroatoms. The Kier molecular flexibility index (Phi) is 9.76. The van der Waals surface area contributed by atoms with Gasteiger partial charge in [0.1, 0.15) is 18.1 Å². The molecule has 3 amide bonds. The van der Waals surface area contributed by atoms with Gasteiger partial charge in [-0.2, -0.15) is 0 Å². The molecular weight excluding hydrogens is 348 g/mol. The number of rotatable bonds is 10. The maximum Gasteiger partial charge on any atom is 0.328 e. The van der Waals surface area contributed by atoms with Crippen molar-refractivity contribution in [2.45, 2.75) is 58.0 Å². The third kappa shape index (κ3) is 7.33. The van der Waals surface area contributed by atoms with Crippen molar-refractivity contribution in [1.82, 2.24) is 16.0 Å². The van der Waals surface area contributed by atoms with E-state index >= 15 is 0 Å². The van der Waals surface area contributed by atoms with Crippen molar-refractivity contribution in [1.29, 1.82) is 0 Å². The number of carboxylic acid groups (broad SMARTS) is 1. The number of carbonyl (C=O) groups is 4. The van der Waals surface area contributed by atoms with Gasteiger partial charge in [0.05, 0.1) is 12.7 Å². The van der Waals surface area contributed by atoms with Crippen LogP contribution in [0.1, 0.15) is 27.7 Å². The molecule has 0 saturated heterocycles. The quantitative estimate of drug-likeness (QED) is 0.208. The van der Waals surface area contributed by atoms with Crippen molar-refractivity contribution in [3.63, 3.8) is 0 Å². The molecule has 0 aromatic carbocycles. The van der Waals surface area contributed by atoms with Gasteiger partial charge in [0, 0.05) is 0 Å². The van der Waals surface area contributed by atoms with Crippen LogP contribution in [-0.2, 0) is 19.2 Å². The van der Waals surface area contributed by atoms with Gasteiger partial charge in [0.2, 0.25) is 17.7 Å². The minimum absolute atomic E-state index is 0.343. The van der Waals surface area contributed by atoms with Crippen LogP contribution in [0.3, 0.4) is 0 Å². The standard InChI is InChI=1S/C15H28N4O7/c1-6(2)10(18-13(23)9(16)5-20)14(24)17-7(3)12(22)19-11(8(4)21)15(25)26/h6-11,20-21H,5,16H2,1-4H3,(H,17,24)(H,18,23)(H,19,22)(H,25,26). The number of carboxylic acids is 1. The zero-order chi connectivity index (χ0) is 20.6. The Bertz CT molecular complexity index is 524. The fourth-order valence-electron chi connectivity index (χ4n) is 1.91. The molecule has 0 aromatic rings. The summed E-state index contributed by atoms with van der Waals surface area (Å²) in [6.07, 6.45) is -1.33. The van der Waals surface area contributed by atoms with Gasteiger partial charge in [-0.15, -0.1) is 0 Å². The van der Waals surface area contributed by atoms with Crippen LogP contribution in [0.2, 0.25) is 0 Å². The van der Waals surface area contributed by atoms with Crippen molar-refractivity contribution >= 4 is 23.7 Å². The lowest BCUT2D eigenvalue weighted by molar-refractivity contribution is -0.145. The first-order valence-corrected chi connectivity index (χ1v) is 8.10. The lowest BCUT2D eigenvalue weighted by Gasteiger charge is -2.25. The van der Waals surface area contributed by atoms with Gasteiger partial charge in [-0.1, -0.05) is 13.8 Å². The Balaban J connectivity index is 4.94. The molecule has 5 atom stereocenters. The first kappa shape index (κ1) is 23.8. The van der Waals surface area contributed by atoms with Crippen LogP contribution in [0.5, 0.6) is 0 Å². The van der Waals surface area contributed by atoms with Crippen LogP contribution in [0, 0.1) is 5.92 Å². The monoisotopic (exact) mass is 376 g/mol. The summed E-state index contributed by atoms with van der Waals surface area (Å²) in [7, 11) is 0. The molecule has 0 heterocycles. The molecule has 150 valence electrons. The highest BCUT2D eigenvalue weighted by Crippen LogP contribution is 2.03. The molecule has 0 spiro atoms. The molecular formula is C15H28N4O7. The molecule has 0 bridgehead atoms. The van der Waals surface area contributed by atoms with Gasteiger partial charge < -0.3 is 37.0 Å². The predicted octanol–water partition coefficient (Wildman–Crippen LogP) is -3.10. The Labute approximate surface area is 151 Å². The smallest absolute Gasteiger partial charge is 0.328 e. The van der Waals surface area contributed by atoms with Gasteiger partial charge >= 0.3 is 5.97 Å². The fourth-order valence-corrected chi connectivity index (χ4v) is 1.91. The average Bonchev–Trinajstić information content (AvgIpc) is 2.54. The Morgan fingerprint density at radius 3 is 1.77 bits per heavy atom. The number of hydrogen-bond donors (Lipinski definition) is 7. The average molecular weight is 376 g/mol. The molecule has 8 N–H and O–H groups in total. The first-order valence-electron chi connectivity index (χ1n) is 8.10. The third-order valence-electron chi connectivity index (χ3n) is 3.58. The van der Waals surface area contributed by atoms with Gasteiger partial charge in [-0.05, 0) is 19.8 Å². The molecule has 0 aromatic heterocycles. The lowest BCUT2D eigenvalue weighted by atomic mass is 10.0. The van der Waals surface area contributed by atoms with Crippen LogP contribution in [0.25, 0.3) is 0 Å². The zero-order valence-corrected chi connectivity index (χ0v) is 15.2. The van der Waals surface area contributed by atoms with E-state index in [0.717, 1.165) is 0 Å². The van der Waals surface area contributed by atoms with Crippen LogP contribution >= 0.6 is 0 Å². The second-order valence-corrected chi connectivity index (χ2v) is 6.31. The maximum absolute atomic E-state index is 12.3. The summed E-state index contributed by atoms with van der Waals surface area (Å²) in [4.78, 5) is 47.1. The van der Waals surface area contributed by atoms with E-state index in [9.17, 15) is 24.3 Å². The summed E-state index contributed by atoms with van der Waals surface area (Å²) in [6.45, 7) is 5.26. The molecule has 0 radical (unpaired) electrons. The number of aliphatic hydroxyl groups excluding tert-OH is 2. The predicted molar refractivity (Wildman–Crippen MR) is 90.7 cm³/mol. The molecule has 11 nitrogen and oxygen atoms in total. The van der Waals surface area contributed by atoms with Crippen molar-refractivity contribution < 1.29 is 34.5 Å². The second kappa shape index (κ2) is 10.7. The van der Waals surface area contributed by atoms with Crippen LogP contribution in [0.4, 0.5) is 0 Å². The third-order valence-corrected chi connectivity index (χ3v) is 3.58. The summed E-state index contributed by atoms with van der Waals surface area (Å²) in [5.41, 5.74) is 5.39. The van der Waals surface area contributed by atoms with E-state index in [2.05, 4.69) is 16.0 Å². The molecule has 0 saturated carbocycles. The molecule has 26 heavy (non-hydrogen) atoms. The number of aliphatic hydroxyl groups is 2. The summed E-state index contributed by atoms with van der Waals surface area (Å²) in [5.74, 6) is -3.97. The van der Waals surface area contributed by atoms with Gasteiger partial charge in [-0.25, -0.2) is 4.79 Å². The number of nitrogens with two attached hydrogens (primary N) is 1. The highest BCUT2D eigenvalue weighted by Gasteiger charge is 2.31. The molecule has 0 rings (SSSR count). The Hall–Kier alpha value is -2.24. The minimum atomic E-state index is -1.52. The zero-order valence-electron chi connectivity index (χ0n) is 15.2. The van der Waals surface area contributed by atoms with Crippen LogP contribution in [-0.4, -0.2) is 75.9 Å². The van der Waals surface area contributed by atoms with E-state index < -0.39 is 60.6 Å². The minimum Gasteiger partial charge on any atom is -0.480 e. The number of hydrogen-bond acceptors (Lipinski definition) is 7. The summed E-state index contributed by atoms with van der Waals surface area (Å²) in [6, 6.07) is -4.84. The van der Waals surface area contributed by atoms with E-state index in [4.69, 9.17) is 15.9 Å². The Morgan fingerprint density at radius 1 is 0.885 bits per heavy atom.